The van der Waals surface area contributed by atoms with Crippen LogP contribution in [0.15, 0.2) is 49.6 Å². The third-order valence-corrected chi connectivity index (χ3v) is 3.15. The summed E-state index contributed by atoms with van der Waals surface area (Å²) in [6, 6.07) is 6.13. The van der Waals surface area contributed by atoms with E-state index in [9.17, 15) is 9.59 Å². The molecule has 112 valence electrons. The van der Waals surface area contributed by atoms with Crippen molar-refractivity contribution in [3.8, 4) is 0 Å². The van der Waals surface area contributed by atoms with Crippen LogP contribution in [-0.2, 0) is 9.59 Å². The molecule has 4 nitrogen and oxygen atoms in total. The van der Waals surface area contributed by atoms with Crippen molar-refractivity contribution in [1.82, 2.24) is 10.2 Å². The van der Waals surface area contributed by atoms with Gasteiger partial charge in [-0.1, -0.05) is 35.9 Å². The predicted molar refractivity (Wildman–Crippen MR) is 85.0 cm³/mol. The Labute approximate surface area is 130 Å². The molecule has 0 aliphatic carbocycles. The Morgan fingerprint density at radius 2 is 1.90 bits per heavy atom. The number of amides is 2. The van der Waals surface area contributed by atoms with Crippen LogP contribution < -0.4 is 5.32 Å². The highest BCUT2D eigenvalue weighted by Crippen LogP contribution is 2.23. The van der Waals surface area contributed by atoms with E-state index in [-0.39, 0.29) is 18.4 Å². The normalized spacial score (nSPS) is 11.3. The number of nitrogens with one attached hydrogen (secondary N) is 1. The summed E-state index contributed by atoms with van der Waals surface area (Å²) >= 11 is 5.87. The van der Waals surface area contributed by atoms with Crippen molar-refractivity contribution in [3.05, 3.63) is 60.2 Å². The van der Waals surface area contributed by atoms with Crippen molar-refractivity contribution in [3.63, 3.8) is 0 Å². The first kappa shape index (κ1) is 17.0. The molecule has 1 aromatic rings. The molecule has 0 saturated carbocycles. The maximum Gasteiger partial charge on any atom is 0.247 e. The zero-order chi connectivity index (χ0) is 15.8. The van der Waals surface area contributed by atoms with E-state index in [1.807, 2.05) is 0 Å². The second-order valence-corrected chi connectivity index (χ2v) is 4.88. The summed E-state index contributed by atoms with van der Waals surface area (Å²) in [6.45, 7) is 9.24. The summed E-state index contributed by atoms with van der Waals surface area (Å²) in [7, 11) is 0. The molecular weight excluding hydrogens is 288 g/mol. The van der Waals surface area contributed by atoms with Gasteiger partial charge in [-0.3, -0.25) is 9.59 Å². The Kier molecular flexibility index (Phi) is 6.69. The lowest BCUT2D eigenvalue weighted by Gasteiger charge is -2.29. The topological polar surface area (TPSA) is 49.4 Å². The summed E-state index contributed by atoms with van der Waals surface area (Å²) < 4.78 is 0. The van der Waals surface area contributed by atoms with Crippen LogP contribution >= 0.6 is 11.6 Å². The number of benzene rings is 1. The SMILES string of the molecule is C=CCNC(=O)C(c1ccc(Cl)cc1)N(CC=C)C(C)=O. The molecule has 2 amide bonds. The maximum atomic E-state index is 12.4. The average Bonchev–Trinajstić information content (AvgIpc) is 2.46. The van der Waals surface area contributed by atoms with Gasteiger partial charge in [0.15, 0.2) is 0 Å². The van der Waals surface area contributed by atoms with Crippen LogP contribution in [0.5, 0.6) is 0 Å². The van der Waals surface area contributed by atoms with Gasteiger partial charge < -0.3 is 10.2 Å². The summed E-state index contributed by atoms with van der Waals surface area (Å²) in [6.07, 6.45) is 3.17. The second kappa shape index (κ2) is 8.27. The number of hydrogen-bond acceptors (Lipinski definition) is 2. The van der Waals surface area contributed by atoms with Crippen LogP contribution in [0.3, 0.4) is 0 Å². The van der Waals surface area contributed by atoms with Gasteiger partial charge in [-0.15, -0.1) is 13.2 Å². The minimum Gasteiger partial charge on any atom is -0.351 e. The Balaban J connectivity index is 3.16. The van der Waals surface area contributed by atoms with E-state index in [0.717, 1.165) is 0 Å². The molecule has 1 atom stereocenters. The van der Waals surface area contributed by atoms with Gasteiger partial charge in [0.2, 0.25) is 11.8 Å². The fourth-order valence-electron chi connectivity index (χ4n) is 1.94. The van der Waals surface area contributed by atoms with E-state index in [1.54, 1.807) is 36.4 Å². The molecule has 0 spiro atoms. The molecule has 1 aromatic carbocycles. The van der Waals surface area contributed by atoms with Gasteiger partial charge in [-0.25, -0.2) is 0 Å². The molecule has 0 bridgehead atoms. The molecule has 0 aliphatic rings. The molecule has 0 fully saturated rings. The Bertz CT molecular complexity index is 526. The van der Waals surface area contributed by atoms with E-state index in [2.05, 4.69) is 18.5 Å². The highest BCUT2D eigenvalue weighted by atomic mass is 35.5. The molecule has 0 aromatic heterocycles. The fourth-order valence-corrected chi connectivity index (χ4v) is 2.07. The molecule has 0 radical (unpaired) electrons. The monoisotopic (exact) mass is 306 g/mol. The molecule has 0 heterocycles. The van der Waals surface area contributed by atoms with E-state index in [4.69, 9.17) is 11.6 Å². The highest BCUT2D eigenvalue weighted by molar-refractivity contribution is 6.30. The zero-order valence-corrected chi connectivity index (χ0v) is 12.8. The standard InChI is InChI=1S/C16H19ClN2O2/c1-4-10-18-16(21)15(19(11-5-2)12(3)20)13-6-8-14(17)9-7-13/h4-9,15H,1-2,10-11H2,3H3,(H,18,21). The minimum absolute atomic E-state index is 0.205. The molecular formula is C16H19ClN2O2. The van der Waals surface area contributed by atoms with Crippen LogP contribution in [0.1, 0.15) is 18.5 Å². The van der Waals surface area contributed by atoms with Gasteiger partial charge in [-0.05, 0) is 17.7 Å². The number of hydrogen-bond donors (Lipinski definition) is 1. The lowest BCUT2D eigenvalue weighted by molar-refractivity contribution is -0.138. The first-order chi connectivity index (χ1) is 10.0. The summed E-state index contributed by atoms with van der Waals surface area (Å²) in [5.41, 5.74) is 0.693. The van der Waals surface area contributed by atoms with Gasteiger partial charge in [0.05, 0.1) is 0 Å². The van der Waals surface area contributed by atoms with Crippen LogP contribution in [0.4, 0.5) is 0 Å². The molecule has 1 unspecified atom stereocenters. The predicted octanol–water partition coefficient (Wildman–Crippen LogP) is 2.72. The van der Waals surface area contributed by atoms with Gasteiger partial charge in [0, 0.05) is 25.0 Å². The van der Waals surface area contributed by atoms with Crippen LogP contribution in [0, 0.1) is 0 Å². The summed E-state index contributed by atoms with van der Waals surface area (Å²) in [4.78, 5) is 25.7. The second-order valence-electron chi connectivity index (χ2n) is 4.45. The first-order valence-corrected chi connectivity index (χ1v) is 6.91. The van der Waals surface area contributed by atoms with Crippen molar-refractivity contribution >= 4 is 23.4 Å². The molecule has 5 heteroatoms. The smallest absolute Gasteiger partial charge is 0.247 e. The fraction of sp³-hybridized carbons (Fsp3) is 0.250. The molecule has 0 aliphatic heterocycles. The third-order valence-electron chi connectivity index (χ3n) is 2.90. The van der Waals surface area contributed by atoms with Gasteiger partial charge in [0.1, 0.15) is 6.04 Å². The molecule has 0 saturated heterocycles. The molecule has 1 N–H and O–H groups in total. The van der Waals surface area contributed by atoms with Crippen LogP contribution in [-0.4, -0.2) is 29.8 Å². The Morgan fingerprint density at radius 3 is 2.38 bits per heavy atom. The van der Waals surface area contributed by atoms with E-state index >= 15 is 0 Å². The Morgan fingerprint density at radius 1 is 1.29 bits per heavy atom. The van der Waals surface area contributed by atoms with Gasteiger partial charge in [0.25, 0.3) is 0 Å². The average molecular weight is 307 g/mol. The van der Waals surface area contributed by atoms with Crippen LogP contribution in [0.2, 0.25) is 5.02 Å². The maximum absolute atomic E-state index is 12.4. The van der Waals surface area contributed by atoms with Crippen molar-refractivity contribution in [2.75, 3.05) is 13.1 Å². The summed E-state index contributed by atoms with van der Waals surface area (Å²) in [5.74, 6) is -0.474. The molecule has 21 heavy (non-hydrogen) atoms. The largest absolute Gasteiger partial charge is 0.351 e. The minimum atomic E-state index is -0.724. The number of carbonyl (C=O) groups is 2. The number of rotatable bonds is 7. The van der Waals surface area contributed by atoms with Gasteiger partial charge >= 0.3 is 0 Å². The summed E-state index contributed by atoms with van der Waals surface area (Å²) in [5, 5.41) is 3.29. The first-order valence-electron chi connectivity index (χ1n) is 6.53. The Hall–Kier alpha value is -2.07. The van der Waals surface area contributed by atoms with Gasteiger partial charge in [-0.2, -0.15) is 0 Å². The lowest BCUT2D eigenvalue weighted by atomic mass is 10.0. The zero-order valence-electron chi connectivity index (χ0n) is 12.0. The van der Waals surface area contributed by atoms with Crippen molar-refractivity contribution in [2.45, 2.75) is 13.0 Å². The number of halogens is 1. The van der Waals surface area contributed by atoms with E-state index < -0.39 is 6.04 Å². The number of nitrogens with zero attached hydrogens (tertiary/aromatic N) is 1. The molecule has 1 rings (SSSR count). The van der Waals surface area contributed by atoms with Crippen molar-refractivity contribution in [1.29, 1.82) is 0 Å². The highest BCUT2D eigenvalue weighted by Gasteiger charge is 2.28. The van der Waals surface area contributed by atoms with Crippen LogP contribution in [0.25, 0.3) is 0 Å². The lowest BCUT2D eigenvalue weighted by Crippen LogP contribution is -2.43. The quantitative estimate of drug-likeness (QED) is 0.787. The van der Waals surface area contributed by atoms with E-state index in [1.165, 1.54) is 11.8 Å². The number of carbonyl (C=O) groups excluding carboxylic acids is 2. The van der Waals surface area contributed by atoms with Crippen molar-refractivity contribution in [2.24, 2.45) is 0 Å². The third kappa shape index (κ3) is 4.76. The van der Waals surface area contributed by atoms with Crippen molar-refractivity contribution < 1.29 is 9.59 Å². The van der Waals surface area contributed by atoms with E-state index in [0.29, 0.717) is 17.1 Å².